The van der Waals surface area contributed by atoms with Crippen LogP contribution in [0.5, 0.6) is 0 Å². The minimum atomic E-state index is -0.753. The van der Waals surface area contributed by atoms with Crippen molar-refractivity contribution >= 4 is 11.9 Å². The third-order valence-corrected chi connectivity index (χ3v) is 8.21. The van der Waals surface area contributed by atoms with E-state index in [0.717, 1.165) is 64.5 Å². The number of aliphatic carboxylic acids is 1. The number of aryl methyl sites for hydroxylation is 2. The van der Waals surface area contributed by atoms with Gasteiger partial charge in [0.05, 0.1) is 6.54 Å². The predicted molar refractivity (Wildman–Crippen MR) is 118 cm³/mol. The van der Waals surface area contributed by atoms with Gasteiger partial charge in [0.15, 0.2) is 0 Å². The van der Waals surface area contributed by atoms with Gasteiger partial charge in [-0.3, -0.25) is 19.5 Å². The number of fused-ring (bicyclic) bond motifs is 3. The number of likely N-dealkylation sites (tertiary alicyclic amines) is 1. The van der Waals surface area contributed by atoms with Crippen LogP contribution < -0.4 is 0 Å². The number of carbonyl (C=O) groups is 2. The number of hydrogen-bond acceptors (Lipinski definition) is 4. The molecule has 5 rings (SSSR count). The second-order valence-corrected chi connectivity index (χ2v) is 10.2. The highest BCUT2D eigenvalue weighted by atomic mass is 16.4. The fraction of sp³-hybridized carbons (Fsp3) is 0.720. The number of carboxylic acids is 1. The van der Waals surface area contributed by atoms with E-state index in [1.165, 1.54) is 36.2 Å². The summed E-state index contributed by atoms with van der Waals surface area (Å²) in [6, 6.07) is 5.07. The molecule has 0 aromatic carbocycles. The fourth-order valence-corrected chi connectivity index (χ4v) is 6.54. The number of hydrogen-bond donors (Lipinski definition) is 1. The zero-order valence-corrected chi connectivity index (χ0v) is 18.5. The molecule has 1 N–H and O–H groups in total. The van der Waals surface area contributed by atoms with Gasteiger partial charge in [-0.15, -0.1) is 0 Å². The summed E-state index contributed by atoms with van der Waals surface area (Å²) in [5.74, 6) is 0.266. The van der Waals surface area contributed by atoms with E-state index in [-0.39, 0.29) is 24.5 Å². The number of pyridine rings is 1. The second kappa shape index (κ2) is 8.89. The molecule has 168 valence electrons. The quantitative estimate of drug-likeness (QED) is 0.785. The normalized spacial score (nSPS) is 29.0. The Balaban J connectivity index is 1.12. The maximum absolute atomic E-state index is 13.2. The van der Waals surface area contributed by atoms with Gasteiger partial charge in [0.1, 0.15) is 0 Å². The van der Waals surface area contributed by atoms with Gasteiger partial charge >= 0.3 is 5.97 Å². The van der Waals surface area contributed by atoms with E-state index < -0.39 is 5.97 Å². The Kier molecular flexibility index (Phi) is 6.00. The molecular weight excluding hydrogens is 390 g/mol. The van der Waals surface area contributed by atoms with E-state index in [4.69, 9.17) is 4.98 Å². The molecule has 3 fully saturated rings. The van der Waals surface area contributed by atoms with Crippen LogP contribution in [0.3, 0.4) is 0 Å². The van der Waals surface area contributed by atoms with Gasteiger partial charge in [-0.2, -0.15) is 0 Å². The zero-order valence-electron chi connectivity index (χ0n) is 18.5. The highest BCUT2D eigenvalue weighted by molar-refractivity contribution is 5.79. The zero-order chi connectivity index (χ0) is 21.4. The van der Waals surface area contributed by atoms with Crippen molar-refractivity contribution in [3.63, 3.8) is 0 Å². The van der Waals surface area contributed by atoms with E-state index in [1.54, 1.807) is 0 Å². The average Bonchev–Trinajstić information content (AvgIpc) is 3.00. The largest absolute Gasteiger partial charge is 0.480 e. The third-order valence-electron chi connectivity index (χ3n) is 8.21. The Morgan fingerprint density at radius 1 is 1.00 bits per heavy atom. The smallest absolute Gasteiger partial charge is 0.317 e. The molecule has 1 aliphatic carbocycles. The van der Waals surface area contributed by atoms with Crippen LogP contribution in [0.25, 0.3) is 0 Å². The number of carboxylic acid groups (broad SMARTS) is 1. The first-order chi connectivity index (χ1) is 15.1. The molecule has 4 aliphatic rings. The topological polar surface area (TPSA) is 73.7 Å². The summed E-state index contributed by atoms with van der Waals surface area (Å²) < 4.78 is 0. The van der Waals surface area contributed by atoms with Crippen LogP contribution >= 0.6 is 0 Å². The summed E-state index contributed by atoms with van der Waals surface area (Å²) in [6.07, 6.45) is 11.8. The van der Waals surface area contributed by atoms with Gasteiger partial charge < -0.3 is 10.0 Å². The fourth-order valence-electron chi connectivity index (χ4n) is 6.54. The van der Waals surface area contributed by atoms with Crippen LogP contribution in [0.1, 0.15) is 68.3 Å². The SMILES string of the molecule is O=C(O)CN1[C@@H]2CC[C@H]1CC(C(=O)N1CCC(Cc3ccc4c(n3)CCCC4)CC1)C2. The van der Waals surface area contributed by atoms with Gasteiger partial charge in [-0.1, -0.05) is 6.07 Å². The average molecular weight is 426 g/mol. The Hall–Kier alpha value is -1.95. The molecule has 3 saturated heterocycles. The van der Waals surface area contributed by atoms with Gasteiger partial charge in [0, 0.05) is 42.5 Å². The van der Waals surface area contributed by atoms with Crippen LogP contribution in [-0.4, -0.2) is 63.5 Å². The first kappa shape index (κ1) is 20.9. The molecule has 1 amide bonds. The molecule has 0 radical (unpaired) electrons. The maximum Gasteiger partial charge on any atom is 0.317 e. The molecule has 3 aliphatic heterocycles. The lowest BCUT2D eigenvalue weighted by atomic mass is 9.87. The van der Waals surface area contributed by atoms with Crippen LogP contribution in [0, 0.1) is 11.8 Å². The molecule has 31 heavy (non-hydrogen) atoms. The van der Waals surface area contributed by atoms with Crippen molar-refractivity contribution in [1.82, 2.24) is 14.8 Å². The molecule has 3 atom stereocenters. The lowest BCUT2D eigenvalue weighted by Crippen LogP contribution is -2.50. The van der Waals surface area contributed by atoms with E-state index in [2.05, 4.69) is 21.9 Å². The molecule has 4 heterocycles. The molecule has 2 bridgehead atoms. The van der Waals surface area contributed by atoms with E-state index in [9.17, 15) is 14.7 Å². The monoisotopic (exact) mass is 425 g/mol. The number of rotatable bonds is 5. The minimum Gasteiger partial charge on any atom is -0.480 e. The lowest BCUT2D eigenvalue weighted by Gasteiger charge is -2.40. The molecule has 1 aromatic rings. The van der Waals surface area contributed by atoms with Crippen molar-refractivity contribution in [1.29, 1.82) is 0 Å². The van der Waals surface area contributed by atoms with Gasteiger partial charge in [-0.25, -0.2) is 0 Å². The molecule has 1 unspecified atom stereocenters. The summed E-state index contributed by atoms with van der Waals surface area (Å²) in [7, 11) is 0. The van der Waals surface area contributed by atoms with Crippen molar-refractivity contribution in [2.75, 3.05) is 19.6 Å². The van der Waals surface area contributed by atoms with Gasteiger partial charge in [0.25, 0.3) is 0 Å². The Morgan fingerprint density at radius 2 is 1.71 bits per heavy atom. The van der Waals surface area contributed by atoms with Crippen molar-refractivity contribution in [2.45, 2.75) is 82.7 Å². The molecule has 6 heteroatoms. The highest BCUT2D eigenvalue weighted by Gasteiger charge is 2.44. The van der Waals surface area contributed by atoms with Crippen LogP contribution in [0.4, 0.5) is 0 Å². The summed E-state index contributed by atoms with van der Waals surface area (Å²) in [4.78, 5) is 33.5. The number of nitrogens with zero attached hydrogens (tertiary/aromatic N) is 3. The molecule has 0 saturated carbocycles. The number of aromatic nitrogens is 1. The number of amides is 1. The van der Waals surface area contributed by atoms with E-state index in [0.29, 0.717) is 11.8 Å². The van der Waals surface area contributed by atoms with Crippen LogP contribution in [0.15, 0.2) is 12.1 Å². The van der Waals surface area contributed by atoms with Crippen LogP contribution in [0.2, 0.25) is 0 Å². The van der Waals surface area contributed by atoms with Gasteiger partial charge in [0.2, 0.25) is 5.91 Å². The van der Waals surface area contributed by atoms with Crippen molar-refractivity contribution < 1.29 is 14.7 Å². The third kappa shape index (κ3) is 4.50. The highest BCUT2D eigenvalue weighted by Crippen LogP contribution is 2.39. The Labute approximate surface area is 185 Å². The second-order valence-electron chi connectivity index (χ2n) is 10.2. The Morgan fingerprint density at radius 3 is 2.42 bits per heavy atom. The summed E-state index contributed by atoms with van der Waals surface area (Å²) in [5, 5.41) is 9.18. The first-order valence-corrected chi connectivity index (χ1v) is 12.3. The van der Waals surface area contributed by atoms with Crippen LogP contribution in [-0.2, 0) is 28.9 Å². The Bertz CT molecular complexity index is 819. The van der Waals surface area contributed by atoms with Crippen molar-refractivity contribution in [2.24, 2.45) is 11.8 Å². The van der Waals surface area contributed by atoms with Crippen molar-refractivity contribution in [3.8, 4) is 0 Å². The minimum absolute atomic E-state index is 0.0846. The van der Waals surface area contributed by atoms with Gasteiger partial charge in [-0.05, 0) is 88.2 Å². The molecule has 0 spiro atoms. The summed E-state index contributed by atoms with van der Waals surface area (Å²) in [5.41, 5.74) is 3.99. The lowest BCUT2D eigenvalue weighted by molar-refractivity contribution is -0.142. The standard InChI is InChI=1S/C25H35N3O3/c29-24(30)16-28-21-7-8-22(28)15-19(14-21)25(31)27-11-9-17(10-12-27)13-20-6-5-18-3-1-2-4-23(18)26-20/h5-6,17,19,21-22H,1-4,7-16H2,(H,29,30)/t19?,21-,22+. The molecule has 1 aromatic heterocycles. The maximum atomic E-state index is 13.2. The number of piperidine rings is 2. The summed E-state index contributed by atoms with van der Waals surface area (Å²) in [6.45, 7) is 1.84. The van der Waals surface area contributed by atoms with E-state index >= 15 is 0 Å². The number of carbonyl (C=O) groups excluding carboxylic acids is 1. The summed E-state index contributed by atoms with van der Waals surface area (Å²) >= 11 is 0. The van der Waals surface area contributed by atoms with Crippen molar-refractivity contribution in [3.05, 3.63) is 29.1 Å². The molecule has 6 nitrogen and oxygen atoms in total. The first-order valence-electron chi connectivity index (χ1n) is 12.3. The van der Waals surface area contributed by atoms with E-state index in [1.807, 2.05) is 0 Å². The molecular formula is C25H35N3O3. The predicted octanol–water partition coefficient (Wildman–Crippen LogP) is 3.07.